The lowest BCUT2D eigenvalue weighted by Gasteiger charge is -2.36. The standard InChI is InChI=1S/C13H20N2O3S.ClH/c14-4-3-13(17)15-5-6-18-9-10(15)8-11(16)12-2-1-7-19-12;/h1-2,7,10-11,16H,3-6,8-9,14H2;1H. The van der Waals surface area contributed by atoms with E-state index in [1.807, 2.05) is 17.5 Å². The van der Waals surface area contributed by atoms with Crippen molar-refractivity contribution in [2.24, 2.45) is 5.73 Å². The minimum Gasteiger partial charge on any atom is -0.387 e. The molecule has 0 saturated carbocycles. The lowest BCUT2D eigenvalue weighted by atomic mass is 10.1. The van der Waals surface area contributed by atoms with Crippen LogP contribution in [-0.4, -0.2) is 48.3 Å². The number of ether oxygens (including phenoxy) is 1. The highest BCUT2D eigenvalue weighted by Crippen LogP contribution is 2.26. The summed E-state index contributed by atoms with van der Waals surface area (Å²) in [5.41, 5.74) is 5.43. The van der Waals surface area contributed by atoms with Crippen molar-refractivity contribution >= 4 is 29.7 Å². The third-order valence-electron chi connectivity index (χ3n) is 3.27. The van der Waals surface area contributed by atoms with Gasteiger partial charge >= 0.3 is 0 Å². The average Bonchev–Trinajstić information content (AvgIpc) is 2.93. The van der Waals surface area contributed by atoms with E-state index < -0.39 is 6.10 Å². The van der Waals surface area contributed by atoms with E-state index in [2.05, 4.69) is 0 Å². The van der Waals surface area contributed by atoms with Crippen LogP contribution in [0.5, 0.6) is 0 Å². The van der Waals surface area contributed by atoms with E-state index in [9.17, 15) is 9.90 Å². The number of nitrogens with zero attached hydrogens (tertiary/aromatic N) is 1. The number of amides is 1. The van der Waals surface area contributed by atoms with Gasteiger partial charge < -0.3 is 20.5 Å². The van der Waals surface area contributed by atoms with Crippen LogP contribution in [0.2, 0.25) is 0 Å². The third kappa shape index (κ3) is 4.43. The first kappa shape index (κ1) is 17.4. The Morgan fingerprint density at radius 3 is 3.10 bits per heavy atom. The molecule has 2 atom stereocenters. The second-order valence-corrected chi connectivity index (χ2v) is 5.60. The van der Waals surface area contributed by atoms with Gasteiger partial charge in [0.25, 0.3) is 0 Å². The van der Waals surface area contributed by atoms with Crippen molar-refractivity contribution in [3.63, 3.8) is 0 Å². The van der Waals surface area contributed by atoms with E-state index in [0.29, 0.717) is 39.1 Å². The Morgan fingerprint density at radius 1 is 1.65 bits per heavy atom. The summed E-state index contributed by atoms with van der Waals surface area (Å²) in [5.74, 6) is 0.0502. The second kappa shape index (κ2) is 8.59. The van der Waals surface area contributed by atoms with Gasteiger partial charge in [0.1, 0.15) is 0 Å². The van der Waals surface area contributed by atoms with E-state index >= 15 is 0 Å². The molecule has 0 radical (unpaired) electrons. The van der Waals surface area contributed by atoms with Crippen LogP contribution in [0.15, 0.2) is 17.5 Å². The largest absolute Gasteiger partial charge is 0.387 e. The van der Waals surface area contributed by atoms with Gasteiger partial charge in [-0.1, -0.05) is 6.07 Å². The number of hydrogen-bond donors (Lipinski definition) is 2. The molecule has 1 amide bonds. The molecule has 20 heavy (non-hydrogen) atoms. The number of nitrogens with two attached hydrogens (primary N) is 1. The van der Waals surface area contributed by atoms with Crippen molar-refractivity contribution in [3.05, 3.63) is 22.4 Å². The molecule has 1 saturated heterocycles. The summed E-state index contributed by atoms with van der Waals surface area (Å²) in [7, 11) is 0. The molecule has 7 heteroatoms. The number of aliphatic hydroxyl groups excluding tert-OH is 1. The summed E-state index contributed by atoms with van der Waals surface area (Å²) >= 11 is 1.53. The van der Waals surface area contributed by atoms with E-state index in [1.54, 1.807) is 4.90 Å². The summed E-state index contributed by atoms with van der Waals surface area (Å²) in [6.07, 6.45) is 0.322. The average molecular weight is 321 g/mol. The molecule has 0 aliphatic carbocycles. The quantitative estimate of drug-likeness (QED) is 0.854. The summed E-state index contributed by atoms with van der Waals surface area (Å²) in [4.78, 5) is 14.7. The molecule has 2 rings (SSSR count). The first-order valence-electron chi connectivity index (χ1n) is 6.51. The van der Waals surface area contributed by atoms with E-state index in [1.165, 1.54) is 11.3 Å². The van der Waals surface area contributed by atoms with Crippen LogP contribution < -0.4 is 5.73 Å². The highest BCUT2D eigenvalue weighted by atomic mass is 35.5. The molecule has 1 aliphatic heterocycles. The molecule has 0 bridgehead atoms. The van der Waals surface area contributed by atoms with Gasteiger partial charge in [0, 0.05) is 30.8 Å². The van der Waals surface area contributed by atoms with Crippen molar-refractivity contribution < 1.29 is 14.6 Å². The molecule has 2 heterocycles. The van der Waals surface area contributed by atoms with Gasteiger partial charge in [-0.15, -0.1) is 23.7 Å². The molecule has 1 aliphatic rings. The van der Waals surface area contributed by atoms with E-state index in [-0.39, 0.29) is 24.4 Å². The number of carbonyl (C=O) groups is 1. The number of halogens is 1. The molecular formula is C13H21ClN2O3S. The molecule has 3 N–H and O–H groups in total. The maximum absolute atomic E-state index is 12.0. The predicted molar refractivity (Wildman–Crippen MR) is 81.1 cm³/mol. The highest BCUT2D eigenvalue weighted by molar-refractivity contribution is 7.10. The Balaban J connectivity index is 0.00000200. The monoisotopic (exact) mass is 320 g/mol. The van der Waals surface area contributed by atoms with Crippen LogP contribution in [0.4, 0.5) is 0 Å². The molecule has 0 aromatic carbocycles. The van der Waals surface area contributed by atoms with Crippen molar-refractivity contribution in [1.82, 2.24) is 4.90 Å². The van der Waals surface area contributed by atoms with Crippen LogP contribution in [0.3, 0.4) is 0 Å². The van der Waals surface area contributed by atoms with E-state index in [0.717, 1.165) is 4.88 Å². The molecule has 5 nitrogen and oxygen atoms in total. The fraction of sp³-hybridized carbons (Fsp3) is 0.615. The number of aliphatic hydroxyl groups is 1. The molecule has 114 valence electrons. The zero-order chi connectivity index (χ0) is 13.7. The maximum atomic E-state index is 12.0. The molecule has 1 fully saturated rings. The highest BCUT2D eigenvalue weighted by Gasteiger charge is 2.29. The van der Waals surface area contributed by atoms with Gasteiger partial charge in [0.05, 0.1) is 25.4 Å². The topological polar surface area (TPSA) is 75.8 Å². The molecule has 1 aromatic rings. The smallest absolute Gasteiger partial charge is 0.224 e. The number of morpholine rings is 1. The number of thiophene rings is 1. The number of carbonyl (C=O) groups excluding carboxylic acids is 1. The first-order valence-corrected chi connectivity index (χ1v) is 7.39. The molecule has 2 unspecified atom stereocenters. The molecule has 0 spiro atoms. The minimum absolute atomic E-state index is 0. The normalized spacial score (nSPS) is 20.3. The van der Waals surface area contributed by atoms with Crippen molar-refractivity contribution in [2.45, 2.75) is 25.0 Å². The summed E-state index contributed by atoms with van der Waals surface area (Å²) in [6.45, 7) is 1.98. The van der Waals surface area contributed by atoms with Gasteiger partial charge in [-0.05, 0) is 11.4 Å². The summed E-state index contributed by atoms with van der Waals surface area (Å²) in [6, 6.07) is 3.76. The predicted octanol–water partition coefficient (Wildman–Crippen LogP) is 1.17. The van der Waals surface area contributed by atoms with Gasteiger partial charge in [0.2, 0.25) is 5.91 Å². The van der Waals surface area contributed by atoms with Crippen molar-refractivity contribution in [1.29, 1.82) is 0 Å². The van der Waals surface area contributed by atoms with Gasteiger partial charge in [-0.2, -0.15) is 0 Å². The summed E-state index contributed by atoms with van der Waals surface area (Å²) in [5, 5.41) is 12.1. The molecule has 1 aromatic heterocycles. The minimum atomic E-state index is -0.542. The van der Waals surface area contributed by atoms with Crippen molar-refractivity contribution in [3.8, 4) is 0 Å². The second-order valence-electron chi connectivity index (χ2n) is 4.62. The van der Waals surface area contributed by atoms with Crippen LogP contribution >= 0.6 is 23.7 Å². The lowest BCUT2D eigenvalue weighted by molar-refractivity contribution is -0.140. The number of hydrogen-bond acceptors (Lipinski definition) is 5. The van der Waals surface area contributed by atoms with E-state index in [4.69, 9.17) is 10.5 Å². The van der Waals surface area contributed by atoms with Crippen LogP contribution in [0, 0.1) is 0 Å². The van der Waals surface area contributed by atoms with Gasteiger partial charge in [-0.25, -0.2) is 0 Å². The van der Waals surface area contributed by atoms with Gasteiger partial charge in [0.15, 0.2) is 0 Å². The Labute approximate surface area is 129 Å². The fourth-order valence-electron chi connectivity index (χ4n) is 2.30. The molecular weight excluding hydrogens is 300 g/mol. The fourth-order valence-corrected chi connectivity index (χ4v) is 3.02. The Kier molecular flexibility index (Phi) is 7.47. The Morgan fingerprint density at radius 2 is 2.45 bits per heavy atom. The Bertz CT molecular complexity index is 402. The van der Waals surface area contributed by atoms with Gasteiger partial charge in [-0.3, -0.25) is 4.79 Å². The maximum Gasteiger partial charge on any atom is 0.224 e. The number of rotatable bonds is 5. The van der Waals surface area contributed by atoms with Crippen LogP contribution in [0.1, 0.15) is 23.8 Å². The van der Waals surface area contributed by atoms with Crippen LogP contribution in [0.25, 0.3) is 0 Å². The lowest BCUT2D eigenvalue weighted by Crippen LogP contribution is -2.49. The zero-order valence-electron chi connectivity index (χ0n) is 11.2. The Hall–Kier alpha value is -0.660. The SMILES string of the molecule is Cl.NCCC(=O)N1CCOCC1CC(O)c1cccs1. The van der Waals surface area contributed by atoms with Crippen molar-refractivity contribution in [2.75, 3.05) is 26.3 Å². The van der Waals surface area contributed by atoms with Crippen LogP contribution in [-0.2, 0) is 9.53 Å². The zero-order valence-corrected chi connectivity index (χ0v) is 12.9. The first-order chi connectivity index (χ1) is 9.22. The summed E-state index contributed by atoms with van der Waals surface area (Å²) < 4.78 is 5.43. The third-order valence-corrected chi connectivity index (χ3v) is 4.25.